The number of thioether (sulfide) groups is 1. The number of carbonyl (C=O) groups excluding carboxylic acids is 3. The normalized spacial score (nSPS) is 16.1. The van der Waals surface area contributed by atoms with E-state index in [0.717, 1.165) is 42.6 Å². The number of carbonyl (C=O) groups is 3. The number of amides is 2. The minimum atomic E-state index is -0.832. The summed E-state index contributed by atoms with van der Waals surface area (Å²) in [6.45, 7) is 9.42. The predicted molar refractivity (Wildman–Crippen MR) is 165 cm³/mol. The second-order valence-electron chi connectivity index (χ2n) is 12.3. The molecule has 2 atom stereocenters. The maximum atomic E-state index is 14.0. The second-order valence-corrected chi connectivity index (χ2v) is 13.6. The lowest BCUT2D eigenvalue weighted by atomic mass is 10.00. The van der Waals surface area contributed by atoms with Crippen molar-refractivity contribution in [1.29, 1.82) is 0 Å². The van der Waals surface area contributed by atoms with Crippen molar-refractivity contribution in [3.05, 3.63) is 65.7 Å². The fourth-order valence-electron chi connectivity index (χ4n) is 5.01. The van der Waals surface area contributed by atoms with Gasteiger partial charge in [0.2, 0.25) is 11.8 Å². The highest BCUT2D eigenvalue weighted by Gasteiger charge is 2.43. The monoisotopic (exact) mass is 582 g/mol. The van der Waals surface area contributed by atoms with E-state index in [1.807, 2.05) is 89.2 Å². The van der Waals surface area contributed by atoms with Crippen molar-refractivity contribution >= 4 is 29.5 Å². The molecule has 0 spiro atoms. The van der Waals surface area contributed by atoms with Gasteiger partial charge in [-0.3, -0.25) is 9.59 Å². The van der Waals surface area contributed by atoms with Crippen LogP contribution in [0.3, 0.4) is 0 Å². The zero-order valence-corrected chi connectivity index (χ0v) is 26.1. The van der Waals surface area contributed by atoms with Gasteiger partial charge in [-0.2, -0.15) is 0 Å². The lowest BCUT2D eigenvalue weighted by molar-refractivity contribution is -0.159. The molecule has 0 aromatic heterocycles. The number of rotatable bonds is 13. The lowest BCUT2D eigenvalue weighted by Gasteiger charge is -2.31. The highest BCUT2D eigenvalue weighted by atomic mass is 32.2. The van der Waals surface area contributed by atoms with E-state index in [1.165, 1.54) is 0 Å². The van der Waals surface area contributed by atoms with Gasteiger partial charge in [0, 0.05) is 12.2 Å². The molecule has 0 bridgehead atoms. The van der Waals surface area contributed by atoms with Crippen LogP contribution in [0, 0.1) is 5.92 Å². The van der Waals surface area contributed by atoms with Gasteiger partial charge in [0.15, 0.2) is 0 Å². The first-order valence-electron chi connectivity index (χ1n) is 14.6. The van der Waals surface area contributed by atoms with E-state index < -0.39 is 28.4 Å². The molecule has 2 aromatic rings. The smallest absolute Gasteiger partial charge is 0.329 e. The van der Waals surface area contributed by atoms with Gasteiger partial charge in [-0.25, -0.2) is 4.79 Å². The van der Waals surface area contributed by atoms with E-state index in [1.54, 1.807) is 18.9 Å². The number of ether oxygens (including phenoxy) is 2. The Kier molecular flexibility index (Phi) is 11.7. The second kappa shape index (κ2) is 14.8. The predicted octanol–water partition coefficient (Wildman–Crippen LogP) is 5.84. The van der Waals surface area contributed by atoms with Gasteiger partial charge in [-0.1, -0.05) is 69.2 Å². The Morgan fingerprint density at radius 1 is 0.902 bits per heavy atom. The molecule has 0 saturated heterocycles. The van der Waals surface area contributed by atoms with Crippen LogP contribution in [0.25, 0.3) is 0 Å². The molecule has 0 heterocycles. The van der Waals surface area contributed by atoms with Crippen LogP contribution in [0.1, 0.15) is 77.8 Å². The molecule has 3 rings (SSSR count). The highest BCUT2D eigenvalue weighted by molar-refractivity contribution is 8.00. The first-order chi connectivity index (χ1) is 19.4. The molecule has 7 nitrogen and oxygen atoms in total. The molecule has 2 amide bonds. The summed E-state index contributed by atoms with van der Waals surface area (Å²) >= 11 is 1.64. The van der Waals surface area contributed by atoms with E-state index in [4.69, 9.17) is 9.47 Å². The molecule has 2 N–H and O–H groups in total. The SMILES string of the molecule is COc1ccc(CSC2(C(=O)N[C@@H](Cc3ccccc3)C(=O)N[C@@H](CC(C)C)C(=O)OC(C)(C)C)CCCC2)cc1. The maximum absolute atomic E-state index is 14.0. The summed E-state index contributed by atoms with van der Waals surface area (Å²) < 4.78 is 10.3. The molecular formula is C33H46N2O5S. The van der Waals surface area contributed by atoms with Crippen molar-refractivity contribution in [3.63, 3.8) is 0 Å². The molecule has 1 aliphatic rings. The number of hydrogen-bond acceptors (Lipinski definition) is 6. The Bertz CT molecular complexity index is 1140. The van der Waals surface area contributed by atoms with Crippen LogP contribution < -0.4 is 15.4 Å². The highest BCUT2D eigenvalue weighted by Crippen LogP contribution is 2.43. The zero-order valence-electron chi connectivity index (χ0n) is 25.3. The van der Waals surface area contributed by atoms with E-state index in [-0.39, 0.29) is 17.7 Å². The molecule has 2 aromatic carbocycles. The summed E-state index contributed by atoms with van der Waals surface area (Å²) in [5.74, 6) is 0.665. The molecule has 1 saturated carbocycles. The summed E-state index contributed by atoms with van der Waals surface area (Å²) in [5, 5.41) is 6.03. The molecule has 0 unspecified atom stereocenters. The molecule has 0 radical (unpaired) electrons. The Labute approximate surface area is 249 Å². The number of hydrogen-bond donors (Lipinski definition) is 2. The molecule has 8 heteroatoms. The number of benzene rings is 2. The van der Waals surface area contributed by atoms with Gasteiger partial charge >= 0.3 is 5.97 Å². The fourth-order valence-corrected chi connectivity index (χ4v) is 6.41. The topological polar surface area (TPSA) is 93.7 Å². The first-order valence-corrected chi connectivity index (χ1v) is 15.5. The van der Waals surface area contributed by atoms with Crippen LogP contribution >= 0.6 is 11.8 Å². The third-order valence-electron chi connectivity index (χ3n) is 7.12. The molecular weight excluding hydrogens is 536 g/mol. The zero-order chi connectivity index (χ0) is 30.0. The van der Waals surface area contributed by atoms with Crippen LogP contribution in [0.5, 0.6) is 5.75 Å². The van der Waals surface area contributed by atoms with Gasteiger partial charge in [-0.05, 0) is 69.2 Å². The Morgan fingerprint density at radius 2 is 1.54 bits per heavy atom. The third-order valence-corrected chi connectivity index (χ3v) is 8.74. The Hall–Kier alpha value is -3.00. The molecule has 224 valence electrons. The van der Waals surface area contributed by atoms with Gasteiger partial charge in [-0.15, -0.1) is 11.8 Å². The summed E-state index contributed by atoms with van der Waals surface area (Å²) in [6.07, 6.45) is 4.20. The largest absolute Gasteiger partial charge is 0.497 e. The average Bonchev–Trinajstić information content (AvgIpc) is 3.41. The first kappa shape index (κ1) is 32.5. The van der Waals surface area contributed by atoms with E-state index in [2.05, 4.69) is 10.6 Å². The van der Waals surface area contributed by atoms with Crippen molar-refractivity contribution in [2.75, 3.05) is 7.11 Å². The molecule has 1 fully saturated rings. The van der Waals surface area contributed by atoms with Crippen molar-refractivity contribution in [1.82, 2.24) is 10.6 Å². The number of esters is 1. The molecule has 41 heavy (non-hydrogen) atoms. The van der Waals surface area contributed by atoms with Crippen molar-refractivity contribution in [2.45, 2.75) is 101 Å². The number of methoxy groups -OCH3 is 1. The summed E-state index contributed by atoms with van der Waals surface area (Å²) in [5.41, 5.74) is 1.37. The van der Waals surface area contributed by atoms with Crippen molar-refractivity contribution in [3.8, 4) is 5.75 Å². The quantitative estimate of drug-likeness (QED) is 0.288. The van der Waals surface area contributed by atoms with Crippen LogP contribution in [-0.2, 0) is 31.3 Å². The minimum Gasteiger partial charge on any atom is -0.497 e. The summed E-state index contributed by atoms with van der Waals surface area (Å²) in [6, 6.07) is 15.9. The van der Waals surface area contributed by atoms with Gasteiger partial charge in [0.25, 0.3) is 0 Å². The Balaban J connectivity index is 1.79. The van der Waals surface area contributed by atoms with Crippen LogP contribution in [0.2, 0.25) is 0 Å². The van der Waals surface area contributed by atoms with Crippen molar-refractivity contribution in [2.24, 2.45) is 5.92 Å². The fraction of sp³-hybridized carbons (Fsp3) is 0.545. The van der Waals surface area contributed by atoms with Gasteiger partial charge < -0.3 is 20.1 Å². The van der Waals surface area contributed by atoms with Crippen LogP contribution in [0.4, 0.5) is 0 Å². The van der Waals surface area contributed by atoms with E-state index in [9.17, 15) is 14.4 Å². The van der Waals surface area contributed by atoms with Crippen molar-refractivity contribution < 1.29 is 23.9 Å². The van der Waals surface area contributed by atoms with Gasteiger partial charge in [0.05, 0.1) is 11.9 Å². The minimum absolute atomic E-state index is 0.123. The van der Waals surface area contributed by atoms with Crippen LogP contribution in [-0.4, -0.2) is 47.3 Å². The Morgan fingerprint density at radius 3 is 2.10 bits per heavy atom. The van der Waals surface area contributed by atoms with Gasteiger partial charge in [0.1, 0.15) is 23.4 Å². The maximum Gasteiger partial charge on any atom is 0.329 e. The van der Waals surface area contributed by atoms with E-state index in [0.29, 0.717) is 18.6 Å². The average molecular weight is 583 g/mol. The lowest BCUT2D eigenvalue weighted by Crippen LogP contribution is -2.56. The molecule has 1 aliphatic carbocycles. The molecule has 0 aliphatic heterocycles. The number of nitrogens with one attached hydrogen (secondary N) is 2. The third kappa shape index (κ3) is 10.1. The summed E-state index contributed by atoms with van der Waals surface area (Å²) in [7, 11) is 1.64. The summed E-state index contributed by atoms with van der Waals surface area (Å²) in [4.78, 5) is 40.7. The van der Waals surface area contributed by atoms with E-state index >= 15 is 0 Å². The van der Waals surface area contributed by atoms with Crippen LogP contribution in [0.15, 0.2) is 54.6 Å². The standard InChI is InChI=1S/C33H46N2O5S/c1-23(2)20-28(30(37)40-32(3,4)5)34-29(36)27(21-24-12-8-7-9-13-24)35-31(38)33(18-10-11-19-33)41-22-25-14-16-26(39-6)17-15-25/h7-9,12-17,23,27-28H,10-11,18-22H2,1-6H3,(H,34,36)(H,35,38)/t27-,28-/m0/s1.